The lowest BCUT2D eigenvalue weighted by molar-refractivity contribution is 0.171. The van der Waals surface area contributed by atoms with Crippen molar-refractivity contribution in [2.24, 2.45) is 4.99 Å². The summed E-state index contributed by atoms with van der Waals surface area (Å²) < 4.78 is 11.2. The van der Waals surface area contributed by atoms with Gasteiger partial charge in [0.25, 0.3) is 0 Å². The van der Waals surface area contributed by atoms with Crippen molar-refractivity contribution in [3.8, 4) is 11.5 Å². The number of nitrogens with zero attached hydrogens (tertiary/aromatic N) is 2. The van der Waals surface area contributed by atoms with Gasteiger partial charge >= 0.3 is 0 Å². The Labute approximate surface area is 186 Å². The van der Waals surface area contributed by atoms with Gasteiger partial charge in [-0.3, -0.25) is 4.99 Å². The van der Waals surface area contributed by atoms with Crippen LogP contribution in [0.3, 0.4) is 0 Å². The third kappa shape index (κ3) is 7.66. The van der Waals surface area contributed by atoms with Crippen LogP contribution in [0.1, 0.15) is 37.7 Å². The second kappa shape index (κ2) is 13.1. The zero-order chi connectivity index (χ0) is 18.7. The Bertz CT molecular complexity index is 604. The summed E-state index contributed by atoms with van der Waals surface area (Å²) in [6.45, 7) is 6.77. The van der Waals surface area contributed by atoms with Crippen LogP contribution in [-0.2, 0) is 6.42 Å². The molecule has 0 aliphatic carbocycles. The van der Waals surface area contributed by atoms with E-state index in [0.29, 0.717) is 13.2 Å². The lowest BCUT2D eigenvalue weighted by Gasteiger charge is -2.20. The maximum absolute atomic E-state index is 5.65. The van der Waals surface area contributed by atoms with E-state index in [1.54, 1.807) is 0 Å². The molecule has 158 valence electrons. The minimum absolute atomic E-state index is 0. The van der Waals surface area contributed by atoms with Crippen LogP contribution in [-0.4, -0.2) is 63.8 Å². The van der Waals surface area contributed by atoms with E-state index in [2.05, 4.69) is 32.7 Å². The number of ether oxygens (including phenoxy) is 2. The molecule has 0 radical (unpaired) electrons. The number of halogens is 1. The zero-order valence-electron chi connectivity index (χ0n) is 17.0. The van der Waals surface area contributed by atoms with Crippen LogP contribution in [0.15, 0.2) is 23.2 Å². The van der Waals surface area contributed by atoms with Gasteiger partial charge in [0.2, 0.25) is 0 Å². The molecule has 6 nitrogen and oxygen atoms in total. The van der Waals surface area contributed by atoms with Gasteiger partial charge in [0.15, 0.2) is 17.5 Å². The quantitative estimate of drug-likeness (QED) is 0.260. The highest BCUT2D eigenvalue weighted by molar-refractivity contribution is 14.0. The van der Waals surface area contributed by atoms with Crippen molar-refractivity contribution in [2.75, 3.05) is 53.0 Å². The maximum Gasteiger partial charge on any atom is 0.190 e. The Hall–Kier alpha value is -1.22. The molecule has 28 heavy (non-hydrogen) atoms. The Morgan fingerprint density at radius 2 is 1.71 bits per heavy atom. The number of benzene rings is 1. The molecule has 1 aromatic rings. The van der Waals surface area contributed by atoms with Gasteiger partial charge in [0.1, 0.15) is 13.2 Å². The van der Waals surface area contributed by atoms with E-state index in [9.17, 15) is 0 Å². The van der Waals surface area contributed by atoms with Crippen LogP contribution in [0, 0.1) is 0 Å². The molecule has 2 N–H and O–H groups in total. The molecule has 0 aromatic heterocycles. The van der Waals surface area contributed by atoms with Gasteiger partial charge in [-0.15, -0.1) is 24.0 Å². The number of rotatable bonds is 7. The van der Waals surface area contributed by atoms with Crippen LogP contribution < -0.4 is 20.1 Å². The second-order valence-electron chi connectivity index (χ2n) is 7.26. The second-order valence-corrected chi connectivity index (χ2v) is 7.26. The summed E-state index contributed by atoms with van der Waals surface area (Å²) >= 11 is 0. The third-order valence-corrected chi connectivity index (χ3v) is 5.18. The number of fused-ring (bicyclic) bond motifs is 1. The van der Waals surface area contributed by atoms with E-state index < -0.39 is 0 Å². The first-order chi connectivity index (χ1) is 13.3. The van der Waals surface area contributed by atoms with E-state index in [1.165, 1.54) is 50.9 Å². The average Bonchev–Trinajstić information content (AvgIpc) is 2.98. The van der Waals surface area contributed by atoms with E-state index in [4.69, 9.17) is 9.47 Å². The summed E-state index contributed by atoms with van der Waals surface area (Å²) in [5.74, 6) is 2.58. The van der Waals surface area contributed by atoms with Gasteiger partial charge in [-0.2, -0.15) is 0 Å². The molecule has 7 heteroatoms. The zero-order valence-corrected chi connectivity index (χ0v) is 19.4. The van der Waals surface area contributed by atoms with Crippen LogP contribution in [0.4, 0.5) is 0 Å². The van der Waals surface area contributed by atoms with E-state index in [-0.39, 0.29) is 24.0 Å². The number of hydrogen-bond donors (Lipinski definition) is 2. The van der Waals surface area contributed by atoms with Gasteiger partial charge < -0.3 is 25.0 Å². The van der Waals surface area contributed by atoms with Crippen LogP contribution in [0.2, 0.25) is 0 Å². The summed E-state index contributed by atoms with van der Waals surface area (Å²) in [6.07, 6.45) is 7.59. The highest BCUT2D eigenvalue weighted by Crippen LogP contribution is 2.30. The first kappa shape index (κ1) is 23.1. The molecular formula is C21H35IN4O2. The van der Waals surface area contributed by atoms with Crippen molar-refractivity contribution in [3.05, 3.63) is 23.8 Å². The lowest BCUT2D eigenvalue weighted by Crippen LogP contribution is -2.39. The highest BCUT2D eigenvalue weighted by atomic mass is 127. The van der Waals surface area contributed by atoms with E-state index in [0.717, 1.165) is 43.4 Å². The summed E-state index contributed by atoms with van der Waals surface area (Å²) in [4.78, 5) is 6.93. The maximum atomic E-state index is 5.65. The molecule has 0 amide bonds. The van der Waals surface area contributed by atoms with Crippen molar-refractivity contribution >= 4 is 29.9 Å². The predicted octanol–water partition coefficient (Wildman–Crippen LogP) is 3.05. The fraction of sp³-hybridized carbons (Fsp3) is 0.667. The molecule has 0 atom stereocenters. The summed E-state index contributed by atoms with van der Waals surface area (Å²) in [7, 11) is 1.83. The van der Waals surface area contributed by atoms with Gasteiger partial charge in [-0.05, 0) is 63.0 Å². The van der Waals surface area contributed by atoms with Gasteiger partial charge in [-0.25, -0.2) is 0 Å². The molecule has 0 saturated carbocycles. The molecule has 0 bridgehead atoms. The van der Waals surface area contributed by atoms with Gasteiger partial charge in [0.05, 0.1) is 0 Å². The molecule has 0 spiro atoms. The fourth-order valence-electron chi connectivity index (χ4n) is 3.66. The topological polar surface area (TPSA) is 58.1 Å². The van der Waals surface area contributed by atoms with Gasteiger partial charge in [-0.1, -0.05) is 18.9 Å². The molecule has 2 aliphatic heterocycles. The predicted molar refractivity (Wildman–Crippen MR) is 125 cm³/mol. The first-order valence-corrected chi connectivity index (χ1v) is 10.4. The molecule has 2 aliphatic rings. The van der Waals surface area contributed by atoms with Crippen molar-refractivity contribution in [3.63, 3.8) is 0 Å². The molecule has 1 fully saturated rings. The molecule has 2 heterocycles. The highest BCUT2D eigenvalue weighted by Gasteiger charge is 2.11. The SMILES string of the molecule is CN=C(NCCCN1CCCCCC1)NCCc1ccc2c(c1)OCCO2.I. The molecule has 1 aromatic carbocycles. The minimum Gasteiger partial charge on any atom is -0.486 e. The first-order valence-electron chi connectivity index (χ1n) is 10.4. The number of hydrogen-bond acceptors (Lipinski definition) is 4. The fourth-order valence-corrected chi connectivity index (χ4v) is 3.66. The van der Waals surface area contributed by atoms with Crippen LogP contribution in [0.5, 0.6) is 11.5 Å². The summed E-state index contributed by atoms with van der Waals surface area (Å²) in [6, 6.07) is 6.18. The summed E-state index contributed by atoms with van der Waals surface area (Å²) in [5.41, 5.74) is 1.24. The van der Waals surface area contributed by atoms with Crippen molar-refractivity contribution in [1.29, 1.82) is 0 Å². The Morgan fingerprint density at radius 3 is 2.46 bits per heavy atom. The minimum atomic E-state index is 0. The normalized spacial score (nSPS) is 17.4. The summed E-state index contributed by atoms with van der Waals surface area (Å²) in [5, 5.41) is 6.83. The van der Waals surface area contributed by atoms with E-state index >= 15 is 0 Å². The lowest BCUT2D eigenvalue weighted by atomic mass is 10.1. The van der Waals surface area contributed by atoms with Crippen LogP contribution in [0.25, 0.3) is 0 Å². The molecule has 0 unspecified atom stereocenters. The largest absolute Gasteiger partial charge is 0.486 e. The average molecular weight is 502 g/mol. The number of likely N-dealkylation sites (tertiary alicyclic amines) is 1. The van der Waals surface area contributed by atoms with Gasteiger partial charge in [0, 0.05) is 20.1 Å². The number of guanidine groups is 1. The Morgan fingerprint density at radius 1 is 1.00 bits per heavy atom. The number of nitrogens with one attached hydrogen (secondary N) is 2. The monoisotopic (exact) mass is 502 g/mol. The smallest absolute Gasteiger partial charge is 0.190 e. The van der Waals surface area contributed by atoms with E-state index in [1.807, 2.05) is 13.1 Å². The standard InChI is InChI=1S/C21H34N4O2.HI/c1-22-21(23-10-6-14-25-12-4-2-3-5-13-25)24-11-9-18-7-8-19-20(17-18)27-16-15-26-19;/h7-8,17H,2-6,9-16H2,1H3,(H2,22,23,24);1H. The molecule has 3 rings (SSSR count). The third-order valence-electron chi connectivity index (χ3n) is 5.18. The Balaban J connectivity index is 0.00000280. The number of aliphatic imine (C=N–C) groups is 1. The van der Waals surface area contributed by atoms with Crippen molar-refractivity contribution in [1.82, 2.24) is 15.5 Å². The van der Waals surface area contributed by atoms with Crippen molar-refractivity contribution in [2.45, 2.75) is 38.5 Å². The van der Waals surface area contributed by atoms with Crippen LogP contribution >= 0.6 is 24.0 Å². The molecule has 1 saturated heterocycles. The Kier molecular flexibility index (Phi) is 10.8. The molecular weight excluding hydrogens is 467 g/mol. The van der Waals surface area contributed by atoms with Crippen molar-refractivity contribution < 1.29 is 9.47 Å².